The van der Waals surface area contributed by atoms with Crippen LogP contribution >= 0.6 is 0 Å². The fraction of sp³-hybridized carbons (Fsp3) is 0.333. The molecule has 1 unspecified atom stereocenters. The minimum absolute atomic E-state index is 0.0571. The Morgan fingerprint density at radius 3 is 2.48 bits per heavy atom. The van der Waals surface area contributed by atoms with Gasteiger partial charge in [0, 0.05) is 17.6 Å². The van der Waals surface area contributed by atoms with Crippen LogP contribution in [-0.2, 0) is 11.2 Å². The number of anilines is 2. The van der Waals surface area contributed by atoms with E-state index in [1.165, 1.54) is 16.3 Å². The summed E-state index contributed by atoms with van der Waals surface area (Å²) >= 11 is 0. The molecule has 3 aromatic carbocycles. The fourth-order valence-electron chi connectivity index (χ4n) is 4.47. The van der Waals surface area contributed by atoms with Crippen molar-refractivity contribution in [2.75, 3.05) is 10.2 Å². The Morgan fingerprint density at radius 2 is 1.77 bits per heavy atom. The first-order valence-corrected chi connectivity index (χ1v) is 11.0. The van der Waals surface area contributed by atoms with E-state index in [1.54, 1.807) is 4.90 Å². The van der Waals surface area contributed by atoms with E-state index in [4.69, 9.17) is 0 Å². The van der Waals surface area contributed by atoms with Crippen LogP contribution in [0.5, 0.6) is 0 Å². The van der Waals surface area contributed by atoms with Gasteiger partial charge >= 0.3 is 0 Å². The molecule has 160 valence electrons. The van der Waals surface area contributed by atoms with Gasteiger partial charge in [-0.15, -0.1) is 0 Å². The number of hydrogen-bond donors (Lipinski definition) is 1. The number of hydrogen-bond acceptors (Lipinski definition) is 3. The van der Waals surface area contributed by atoms with Crippen molar-refractivity contribution in [2.24, 2.45) is 4.99 Å². The van der Waals surface area contributed by atoms with Gasteiger partial charge in [0.1, 0.15) is 5.84 Å². The smallest absolute Gasteiger partial charge is 0.234 e. The maximum absolute atomic E-state index is 12.6. The van der Waals surface area contributed by atoms with E-state index in [0.29, 0.717) is 6.42 Å². The molecule has 1 aliphatic heterocycles. The van der Waals surface area contributed by atoms with E-state index < -0.39 is 0 Å². The minimum atomic E-state index is -0.123. The third-order valence-corrected chi connectivity index (χ3v) is 5.85. The topological polar surface area (TPSA) is 44.7 Å². The van der Waals surface area contributed by atoms with Crippen LogP contribution < -0.4 is 10.2 Å². The largest absolute Gasteiger partial charge is 0.380 e. The SMILES string of the molecule is CC1=NC(C)CC(=O)N1c1ccc(NC(C)(C)Cc2ccc3ccccc3c2)c(C)c1. The van der Waals surface area contributed by atoms with Gasteiger partial charge in [-0.2, -0.15) is 0 Å². The second-order valence-corrected chi connectivity index (χ2v) is 9.32. The lowest BCUT2D eigenvalue weighted by atomic mass is 9.92. The second kappa shape index (κ2) is 8.18. The standard InChI is InChI=1S/C27H31N3O/c1-18-14-24(30-20(3)28-19(2)15-26(30)31)12-13-25(18)29-27(4,5)17-21-10-11-22-8-6-7-9-23(22)16-21/h6-14,16,19,29H,15,17H2,1-5H3. The van der Waals surface area contributed by atoms with E-state index in [2.05, 4.69) is 85.7 Å². The van der Waals surface area contributed by atoms with E-state index in [0.717, 1.165) is 29.2 Å². The molecular formula is C27H31N3O. The molecule has 0 spiro atoms. The van der Waals surface area contributed by atoms with Crippen molar-refractivity contribution in [1.29, 1.82) is 0 Å². The Bertz CT molecular complexity index is 1160. The van der Waals surface area contributed by atoms with E-state index in [9.17, 15) is 4.79 Å². The molecule has 0 saturated carbocycles. The third kappa shape index (κ3) is 4.63. The summed E-state index contributed by atoms with van der Waals surface area (Å²) in [5.74, 6) is 0.872. The fourth-order valence-corrected chi connectivity index (χ4v) is 4.47. The van der Waals surface area contributed by atoms with Gasteiger partial charge < -0.3 is 5.32 Å². The summed E-state index contributed by atoms with van der Waals surface area (Å²) in [4.78, 5) is 18.9. The van der Waals surface area contributed by atoms with Crippen LogP contribution in [0.4, 0.5) is 11.4 Å². The summed E-state index contributed by atoms with van der Waals surface area (Å²) in [6, 6.07) is 21.4. The molecule has 0 fully saturated rings. The van der Waals surface area contributed by atoms with Gasteiger partial charge in [-0.1, -0.05) is 42.5 Å². The number of nitrogens with zero attached hydrogens (tertiary/aromatic N) is 2. The maximum Gasteiger partial charge on any atom is 0.234 e. The van der Waals surface area contributed by atoms with E-state index in [-0.39, 0.29) is 17.5 Å². The second-order valence-electron chi connectivity index (χ2n) is 9.32. The lowest BCUT2D eigenvalue weighted by molar-refractivity contribution is -0.118. The number of aliphatic imine (C=N–C) groups is 1. The zero-order chi connectivity index (χ0) is 22.2. The molecule has 0 saturated heterocycles. The molecule has 1 amide bonds. The highest BCUT2D eigenvalue weighted by molar-refractivity contribution is 6.17. The first-order chi connectivity index (χ1) is 14.7. The summed E-state index contributed by atoms with van der Waals surface area (Å²) in [5, 5.41) is 6.25. The Balaban J connectivity index is 1.52. The van der Waals surface area contributed by atoms with Crippen LogP contribution in [0.25, 0.3) is 10.8 Å². The van der Waals surface area contributed by atoms with Crippen molar-refractivity contribution in [3.05, 3.63) is 71.8 Å². The molecule has 1 N–H and O–H groups in total. The number of fused-ring (bicyclic) bond motifs is 1. The number of benzene rings is 3. The molecule has 0 aromatic heterocycles. The molecule has 1 atom stereocenters. The van der Waals surface area contributed by atoms with Crippen molar-refractivity contribution in [3.63, 3.8) is 0 Å². The van der Waals surface area contributed by atoms with Gasteiger partial charge in [-0.3, -0.25) is 14.7 Å². The van der Waals surface area contributed by atoms with Gasteiger partial charge in [-0.25, -0.2) is 0 Å². The molecule has 1 heterocycles. The normalized spacial score (nSPS) is 17.1. The van der Waals surface area contributed by atoms with Crippen molar-refractivity contribution < 1.29 is 4.79 Å². The molecule has 31 heavy (non-hydrogen) atoms. The number of nitrogens with one attached hydrogen (secondary N) is 1. The summed E-state index contributed by atoms with van der Waals surface area (Å²) < 4.78 is 0. The molecule has 4 nitrogen and oxygen atoms in total. The van der Waals surface area contributed by atoms with Crippen molar-refractivity contribution >= 4 is 33.9 Å². The van der Waals surface area contributed by atoms with E-state index >= 15 is 0 Å². The predicted molar refractivity (Wildman–Crippen MR) is 131 cm³/mol. The number of amidine groups is 1. The van der Waals surface area contributed by atoms with Crippen molar-refractivity contribution in [2.45, 2.75) is 59.0 Å². The van der Waals surface area contributed by atoms with Crippen molar-refractivity contribution in [1.82, 2.24) is 0 Å². The molecular weight excluding hydrogens is 382 g/mol. The first kappa shape index (κ1) is 21.1. The van der Waals surface area contributed by atoms with Crippen LogP contribution in [0, 0.1) is 6.92 Å². The highest BCUT2D eigenvalue weighted by atomic mass is 16.2. The predicted octanol–water partition coefficient (Wildman–Crippen LogP) is 6.13. The number of aryl methyl sites for hydroxylation is 1. The molecule has 0 bridgehead atoms. The molecule has 0 aliphatic carbocycles. The Morgan fingerprint density at radius 1 is 1.03 bits per heavy atom. The first-order valence-electron chi connectivity index (χ1n) is 11.0. The Kier molecular flexibility index (Phi) is 5.57. The summed E-state index contributed by atoms with van der Waals surface area (Å²) in [6.45, 7) is 10.4. The van der Waals surface area contributed by atoms with Gasteiger partial charge in [0.05, 0.1) is 11.7 Å². The number of carbonyl (C=O) groups excluding carboxylic acids is 1. The third-order valence-electron chi connectivity index (χ3n) is 5.85. The van der Waals surface area contributed by atoms with Crippen LogP contribution in [-0.4, -0.2) is 23.3 Å². The number of amides is 1. The van der Waals surface area contributed by atoms with Crippen LogP contribution in [0.2, 0.25) is 0 Å². The Hall–Kier alpha value is -3.14. The van der Waals surface area contributed by atoms with Gasteiger partial charge in [0.25, 0.3) is 0 Å². The lowest BCUT2D eigenvalue weighted by Crippen LogP contribution is -2.41. The monoisotopic (exact) mass is 413 g/mol. The molecule has 0 radical (unpaired) electrons. The van der Waals surface area contributed by atoms with E-state index in [1.807, 2.05) is 19.9 Å². The van der Waals surface area contributed by atoms with Crippen molar-refractivity contribution in [3.8, 4) is 0 Å². The Labute approximate surface area is 185 Å². The minimum Gasteiger partial charge on any atom is -0.380 e. The molecule has 4 heteroatoms. The van der Waals surface area contributed by atoms with Crippen LogP contribution in [0.15, 0.2) is 65.7 Å². The maximum atomic E-state index is 12.6. The van der Waals surface area contributed by atoms with Gasteiger partial charge in [0.15, 0.2) is 0 Å². The average Bonchev–Trinajstić information content (AvgIpc) is 2.69. The average molecular weight is 414 g/mol. The summed E-state index contributed by atoms with van der Waals surface area (Å²) in [6.07, 6.45) is 1.36. The van der Waals surface area contributed by atoms with Gasteiger partial charge in [-0.05, 0) is 81.1 Å². The lowest BCUT2D eigenvalue weighted by Gasteiger charge is -2.31. The number of rotatable bonds is 5. The highest BCUT2D eigenvalue weighted by Gasteiger charge is 2.26. The number of carbonyl (C=O) groups is 1. The molecule has 3 aromatic rings. The van der Waals surface area contributed by atoms with Gasteiger partial charge in [0.2, 0.25) is 5.91 Å². The highest BCUT2D eigenvalue weighted by Crippen LogP contribution is 2.29. The van der Waals surface area contributed by atoms with Crippen LogP contribution in [0.1, 0.15) is 45.2 Å². The quantitative estimate of drug-likeness (QED) is 0.547. The molecule has 1 aliphatic rings. The van der Waals surface area contributed by atoms with Crippen LogP contribution in [0.3, 0.4) is 0 Å². The summed E-state index contributed by atoms with van der Waals surface area (Å²) in [5.41, 5.74) is 4.27. The zero-order valence-electron chi connectivity index (χ0n) is 19.1. The summed E-state index contributed by atoms with van der Waals surface area (Å²) in [7, 11) is 0. The molecule has 4 rings (SSSR count). The zero-order valence-corrected chi connectivity index (χ0v) is 19.1.